The molecule has 0 amide bonds. The molecule has 92 valence electrons. The second-order valence-corrected chi connectivity index (χ2v) is 3.65. The zero-order chi connectivity index (χ0) is 12.7. The molecule has 2 N–H and O–H groups in total. The average Bonchev–Trinajstić information content (AvgIpc) is 2.28. The van der Waals surface area contributed by atoms with Crippen molar-refractivity contribution in [1.82, 2.24) is 0 Å². The summed E-state index contributed by atoms with van der Waals surface area (Å²) in [6.07, 6.45) is 0.473. The highest BCUT2D eigenvalue weighted by Crippen LogP contribution is 2.13. The third-order valence-electron chi connectivity index (χ3n) is 2.27. The van der Waals surface area contributed by atoms with E-state index in [2.05, 4.69) is 0 Å². The number of hydrogen-bond acceptors (Lipinski definition) is 3. The summed E-state index contributed by atoms with van der Waals surface area (Å²) in [6, 6.07) is 9.11. The molecule has 0 aliphatic carbocycles. The summed E-state index contributed by atoms with van der Waals surface area (Å²) in [5, 5.41) is 17.3. The third kappa shape index (κ3) is 5.01. The van der Waals surface area contributed by atoms with Gasteiger partial charge in [-0.15, -0.1) is 0 Å². The van der Waals surface area contributed by atoms with Crippen LogP contribution in [0.15, 0.2) is 30.3 Å². The predicted molar refractivity (Wildman–Crippen MR) is 63.2 cm³/mol. The van der Waals surface area contributed by atoms with Gasteiger partial charge in [0, 0.05) is 18.7 Å². The molecule has 5 heteroatoms. The molecule has 0 saturated carbocycles. The van der Waals surface area contributed by atoms with Crippen LogP contribution in [0.2, 0.25) is 0 Å². The van der Waals surface area contributed by atoms with E-state index in [-0.39, 0.29) is 13.0 Å². The number of carboxylic acid groups (broad SMARTS) is 2. The van der Waals surface area contributed by atoms with Crippen LogP contribution in [-0.4, -0.2) is 35.2 Å². The molecule has 17 heavy (non-hydrogen) atoms. The maximum atomic E-state index is 10.7. The Hall–Kier alpha value is -2.04. The molecule has 0 spiro atoms. The van der Waals surface area contributed by atoms with Crippen molar-refractivity contribution in [1.29, 1.82) is 0 Å². The van der Waals surface area contributed by atoms with Gasteiger partial charge in [-0.25, -0.2) is 0 Å². The Balaban J connectivity index is 2.61. The monoisotopic (exact) mass is 237 g/mol. The highest BCUT2D eigenvalue weighted by molar-refractivity contribution is 5.73. The average molecular weight is 237 g/mol. The Labute approximate surface area is 99.3 Å². The minimum atomic E-state index is -0.927. The lowest BCUT2D eigenvalue weighted by Crippen LogP contribution is -2.30. The molecule has 1 rings (SSSR count). The molecule has 0 fully saturated rings. The first-order valence-electron chi connectivity index (χ1n) is 5.33. The van der Waals surface area contributed by atoms with Crippen LogP contribution < -0.4 is 4.90 Å². The zero-order valence-electron chi connectivity index (χ0n) is 9.37. The van der Waals surface area contributed by atoms with E-state index in [1.807, 2.05) is 30.3 Å². The fourth-order valence-corrected chi connectivity index (χ4v) is 1.52. The first-order valence-corrected chi connectivity index (χ1v) is 5.33. The van der Waals surface area contributed by atoms with Crippen LogP contribution in [0.5, 0.6) is 0 Å². The fraction of sp³-hybridized carbons (Fsp3) is 0.333. The zero-order valence-corrected chi connectivity index (χ0v) is 9.37. The standard InChI is InChI=1S/C12H15NO4/c14-11(15)7-4-8-13(9-12(16)17)10-5-2-1-3-6-10/h1-3,5-6H,4,7-9H2,(H,14,15)(H,16,17). The van der Waals surface area contributed by atoms with Crippen molar-refractivity contribution in [2.75, 3.05) is 18.0 Å². The number of carbonyl (C=O) groups is 2. The maximum absolute atomic E-state index is 10.7. The number of aliphatic carboxylic acids is 2. The van der Waals surface area contributed by atoms with E-state index in [0.29, 0.717) is 13.0 Å². The molecule has 0 aliphatic heterocycles. The lowest BCUT2D eigenvalue weighted by Gasteiger charge is -2.22. The molecule has 1 aromatic carbocycles. The Bertz CT molecular complexity index is 377. The number of rotatable bonds is 7. The molecule has 1 aromatic rings. The molecule has 0 radical (unpaired) electrons. The number of nitrogens with zero attached hydrogens (tertiary/aromatic N) is 1. The second-order valence-electron chi connectivity index (χ2n) is 3.65. The Morgan fingerprint density at radius 3 is 2.24 bits per heavy atom. The van der Waals surface area contributed by atoms with E-state index < -0.39 is 11.9 Å². The predicted octanol–water partition coefficient (Wildman–Crippen LogP) is 1.44. The van der Waals surface area contributed by atoms with Crippen LogP contribution in [0.1, 0.15) is 12.8 Å². The molecule has 5 nitrogen and oxygen atoms in total. The Kier molecular flexibility index (Phi) is 5.00. The number of benzene rings is 1. The van der Waals surface area contributed by atoms with Gasteiger partial charge >= 0.3 is 11.9 Å². The molecular formula is C12H15NO4. The summed E-state index contributed by atoms with van der Waals surface area (Å²) in [7, 11) is 0. The molecule has 0 unspecified atom stereocenters. The van der Waals surface area contributed by atoms with Crippen molar-refractivity contribution in [2.24, 2.45) is 0 Å². The first kappa shape index (κ1) is 13.0. The third-order valence-corrected chi connectivity index (χ3v) is 2.27. The molecule has 0 bridgehead atoms. The fourth-order valence-electron chi connectivity index (χ4n) is 1.52. The Morgan fingerprint density at radius 1 is 1.06 bits per heavy atom. The molecular weight excluding hydrogens is 222 g/mol. The van der Waals surface area contributed by atoms with Crippen LogP contribution in [0.3, 0.4) is 0 Å². The van der Waals surface area contributed by atoms with Crippen molar-refractivity contribution in [3.63, 3.8) is 0 Å². The van der Waals surface area contributed by atoms with Gasteiger partial charge in [-0.05, 0) is 18.6 Å². The SMILES string of the molecule is O=C(O)CCCN(CC(=O)O)c1ccccc1. The second kappa shape index (κ2) is 6.52. The molecule has 0 aromatic heterocycles. The summed E-state index contributed by atoms with van der Waals surface area (Å²) in [5.74, 6) is -1.79. The van der Waals surface area contributed by atoms with Crippen LogP contribution in [0, 0.1) is 0 Å². The largest absolute Gasteiger partial charge is 0.481 e. The topological polar surface area (TPSA) is 77.8 Å². The smallest absolute Gasteiger partial charge is 0.323 e. The van der Waals surface area contributed by atoms with Gasteiger partial charge in [0.2, 0.25) is 0 Å². The summed E-state index contributed by atoms with van der Waals surface area (Å²) in [6.45, 7) is 0.298. The maximum Gasteiger partial charge on any atom is 0.323 e. The van der Waals surface area contributed by atoms with Crippen molar-refractivity contribution >= 4 is 17.6 Å². The number of hydrogen-bond donors (Lipinski definition) is 2. The summed E-state index contributed by atoms with van der Waals surface area (Å²) < 4.78 is 0. The van der Waals surface area contributed by atoms with Gasteiger partial charge < -0.3 is 15.1 Å². The van der Waals surface area contributed by atoms with Crippen molar-refractivity contribution in [3.05, 3.63) is 30.3 Å². The van der Waals surface area contributed by atoms with Crippen molar-refractivity contribution in [3.8, 4) is 0 Å². The van der Waals surface area contributed by atoms with E-state index >= 15 is 0 Å². The van der Waals surface area contributed by atoms with E-state index in [1.54, 1.807) is 4.90 Å². The molecule has 0 heterocycles. The quantitative estimate of drug-likeness (QED) is 0.750. The van der Waals surface area contributed by atoms with Crippen LogP contribution >= 0.6 is 0 Å². The van der Waals surface area contributed by atoms with Gasteiger partial charge in [0.15, 0.2) is 0 Å². The highest BCUT2D eigenvalue weighted by Gasteiger charge is 2.10. The van der Waals surface area contributed by atoms with Crippen LogP contribution in [-0.2, 0) is 9.59 Å². The van der Waals surface area contributed by atoms with E-state index in [1.165, 1.54) is 0 Å². The minimum Gasteiger partial charge on any atom is -0.481 e. The van der Waals surface area contributed by atoms with Gasteiger partial charge in [-0.2, -0.15) is 0 Å². The number of carboxylic acids is 2. The molecule has 0 atom stereocenters. The van der Waals surface area contributed by atoms with Crippen molar-refractivity contribution < 1.29 is 19.8 Å². The number of anilines is 1. The normalized spacial score (nSPS) is 9.88. The van der Waals surface area contributed by atoms with Crippen LogP contribution in [0.25, 0.3) is 0 Å². The lowest BCUT2D eigenvalue weighted by atomic mass is 10.2. The summed E-state index contributed by atoms with van der Waals surface area (Å²) >= 11 is 0. The first-order chi connectivity index (χ1) is 8.09. The minimum absolute atomic E-state index is 0.0446. The van der Waals surface area contributed by atoms with Crippen molar-refractivity contribution in [2.45, 2.75) is 12.8 Å². The lowest BCUT2D eigenvalue weighted by molar-refractivity contribution is -0.137. The van der Waals surface area contributed by atoms with Gasteiger partial charge in [0.1, 0.15) is 6.54 Å². The van der Waals surface area contributed by atoms with Gasteiger partial charge in [0.25, 0.3) is 0 Å². The molecule has 0 aliphatic rings. The highest BCUT2D eigenvalue weighted by atomic mass is 16.4. The van der Waals surface area contributed by atoms with Gasteiger partial charge in [-0.3, -0.25) is 9.59 Å². The van der Waals surface area contributed by atoms with Crippen LogP contribution in [0.4, 0.5) is 5.69 Å². The molecule has 0 saturated heterocycles. The number of para-hydroxylation sites is 1. The summed E-state index contributed by atoms with van der Waals surface area (Å²) in [5.41, 5.74) is 0.792. The Morgan fingerprint density at radius 2 is 1.71 bits per heavy atom. The van der Waals surface area contributed by atoms with E-state index in [4.69, 9.17) is 10.2 Å². The van der Waals surface area contributed by atoms with E-state index in [0.717, 1.165) is 5.69 Å². The van der Waals surface area contributed by atoms with E-state index in [9.17, 15) is 9.59 Å². The summed E-state index contributed by atoms with van der Waals surface area (Å²) in [4.78, 5) is 22.8. The van der Waals surface area contributed by atoms with Gasteiger partial charge in [0.05, 0.1) is 0 Å². The van der Waals surface area contributed by atoms with Gasteiger partial charge in [-0.1, -0.05) is 18.2 Å².